The first kappa shape index (κ1) is 17.5. The van der Waals surface area contributed by atoms with Gasteiger partial charge in [0.05, 0.1) is 0 Å². The predicted molar refractivity (Wildman–Crippen MR) is 83.1 cm³/mol. The first-order valence-electron chi connectivity index (χ1n) is 6.78. The van der Waals surface area contributed by atoms with Crippen LogP contribution < -0.4 is 5.73 Å². The van der Waals surface area contributed by atoms with E-state index in [1.54, 1.807) is 0 Å². The first-order chi connectivity index (χ1) is 8.91. The zero-order valence-electron chi connectivity index (χ0n) is 12.7. The Morgan fingerprint density at radius 2 is 1.53 bits per heavy atom. The smallest absolute Gasteiger partial charge is 0.404 e. The molecule has 0 bridgehead atoms. The third kappa shape index (κ3) is 12.7. The second-order valence-electron chi connectivity index (χ2n) is 5.09. The van der Waals surface area contributed by atoms with Gasteiger partial charge in [-0.25, -0.2) is 4.79 Å². The van der Waals surface area contributed by atoms with Crippen molar-refractivity contribution >= 4 is 6.09 Å². The van der Waals surface area contributed by atoms with Crippen molar-refractivity contribution in [3.63, 3.8) is 0 Å². The lowest BCUT2D eigenvalue weighted by Crippen LogP contribution is -2.12. The summed E-state index contributed by atoms with van der Waals surface area (Å²) in [5.41, 5.74) is 8.90. The summed E-state index contributed by atoms with van der Waals surface area (Å²) in [5.74, 6) is 0. The highest BCUT2D eigenvalue weighted by atomic mass is 16.5. The van der Waals surface area contributed by atoms with Crippen molar-refractivity contribution in [1.29, 1.82) is 0 Å². The summed E-state index contributed by atoms with van der Waals surface area (Å²) >= 11 is 0. The van der Waals surface area contributed by atoms with E-state index in [9.17, 15) is 4.79 Å². The normalized spacial score (nSPS) is 12.2. The molecule has 3 nitrogen and oxygen atoms in total. The number of rotatable bonds is 8. The van der Waals surface area contributed by atoms with E-state index in [1.807, 2.05) is 13.0 Å². The molecule has 0 fully saturated rings. The van der Waals surface area contributed by atoms with E-state index in [0.717, 1.165) is 25.7 Å². The minimum Gasteiger partial charge on any atom is -0.445 e. The number of ether oxygens (including phenoxy) is 1. The second-order valence-corrected chi connectivity index (χ2v) is 5.09. The molecule has 0 unspecified atom stereocenters. The third-order valence-electron chi connectivity index (χ3n) is 2.78. The molecule has 3 heteroatoms. The van der Waals surface area contributed by atoms with Crippen molar-refractivity contribution in [1.82, 2.24) is 0 Å². The van der Waals surface area contributed by atoms with Gasteiger partial charge in [-0.05, 0) is 59.5 Å². The Bertz CT molecular complexity index is 367. The van der Waals surface area contributed by atoms with Crippen molar-refractivity contribution in [3.05, 3.63) is 34.9 Å². The molecule has 0 spiro atoms. The van der Waals surface area contributed by atoms with Crippen LogP contribution in [-0.2, 0) is 4.74 Å². The fourth-order valence-corrected chi connectivity index (χ4v) is 1.60. The van der Waals surface area contributed by atoms with Gasteiger partial charge >= 0.3 is 6.09 Å². The standard InChI is InChI=1S/C16H27NO2.H2/c1-13(2)7-5-8-14(3)9-6-10-15(4)11-12-19-16(17)18;/h7,9,11H,5-6,8,10,12H2,1-4H3,(H2,17,18);1H/b14-9+,15-11+;. The maximum atomic E-state index is 10.4. The molecule has 2 N–H and O–H groups in total. The van der Waals surface area contributed by atoms with Crippen molar-refractivity contribution in [2.24, 2.45) is 5.73 Å². The Balaban J connectivity index is 0. The van der Waals surface area contributed by atoms with E-state index in [2.05, 4.69) is 37.7 Å². The van der Waals surface area contributed by atoms with Gasteiger partial charge in [-0.1, -0.05) is 28.9 Å². The molecule has 0 saturated carbocycles. The van der Waals surface area contributed by atoms with Gasteiger partial charge in [0.1, 0.15) is 6.61 Å². The van der Waals surface area contributed by atoms with Crippen molar-refractivity contribution in [3.8, 4) is 0 Å². The summed E-state index contributed by atoms with van der Waals surface area (Å²) in [7, 11) is 0. The van der Waals surface area contributed by atoms with Crippen LogP contribution in [0.2, 0.25) is 0 Å². The van der Waals surface area contributed by atoms with Gasteiger partial charge < -0.3 is 10.5 Å². The molecule has 0 aliphatic rings. The first-order valence-corrected chi connectivity index (χ1v) is 6.78. The largest absolute Gasteiger partial charge is 0.445 e. The maximum absolute atomic E-state index is 10.4. The van der Waals surface area contributed by atoms with Gasteiger partial charge in [0, 0.05) is 1.43 Å². The number of carbonyl (C=O) groups excluding carboxylic acids is 1. The molecule has 0 aromatic carbocycles. The van der Waals surface area contributed by atoms with Gasteiger partial charge in [0.2, 0.25) is 0 Å². The summed E-state index contributed by atoms with van der Waals surface area (Å²) in [4.78, 5) is 10.4. The number of primary amides is 1. The Hall–Kier alpha value is -1.51. The molecule has 110 valence electrons. The maximum Gasteiger partial charge on any atom is 0.404 e. The minimum atomic E-state index is -0.723. The van der Waals surface area contributed by atoms with Crippen LogP contribution in [0.1, 0.15) is 54.8 Å². The van der Waals surface area contributed by atoms with Crippen molar-refractivity contribution in [2.45, 2.75) is 53.4 Å². The molecule has 0 radical (unpaired) electrons. The van der Waals surface area contributed by atoms with Gasteiger partial charge in [0.15, 0.2) is 0 Å². The van der Waals surface area contributed by atoms with E-state index >= 15 is 0 Å². The summed E-state index contributed by atoms with van der Waals surface area (Å²) in [6.45, 7) is 8.73. The molecule has 0 saturated heterocycles. The molecule has 0 aliphatic carbocycles. The van der Waals surface area contributed by atoms with Gasteiger partial charge in [0.25, 0.3) is 0 Å². The summed E-state index contributed by atoms with van der Waals surface area (Å²) in [6.07, 6.45) is 9.98. The average molecular weight is 267 g/mol. The number of carbonyl (C=O) groups is 1. The molecule has 0 heterocycles. The Labute approximate surface area is 118 Å². The highest BCUT2D eigenvalue weighted by molar-refractivity contribution is 5.64. The lowest BCUT2D eigenvalue weighted by molar-refractivity contribution is 0.169. The monoisotopic (exact) mass is 267 g/mol. The number of allylic oxidation sites excluding steroid dienone is 5. The van der Waals surface area contributed by atoms with Crippen LogP contribution in [0.15, 0.2) is 34.9 Å². The van der Waals surface area contributed by atoms with Crippen LogP contribution in [-0.4, -0.2) is 12.7 Å². The van der Waals surface area contributed by atoms with E-state index < -0.39 is 6.09 Å². The number of nitrogens with two attached hydrogens (primary N) is 1. The quantitative estimate of drug-likeness (QED) is 0.645. The fourth-order valence-electron chi connectivity index (χ4n) is 1.60. The second kappa shape index (κ2) is 10.4. The van der Waals surface area contributed by atoms with E-state index in [1.165, 1.54) is 16.7 Å². The SMILES string of the molecule is CC(C)=CCC/C(C)=C/CC/C(C)=C/COC(N)=O.[HH]. The number of amides is 1. The molecule has 0 atom stereocenters. The van der Waals surface area contributed by atoms with E-state index in [4.69, 9.17) is 5.73 Å². The molecule has 0 aliphatic heterocycles. The van der Waals surface area contributed by atoms with Crippen molar-refractivity contribution < 1.29 is 11.0 Å². The fraction of sp³-hybridized carbons (Fsp3) is 0.562. The van der Waals surface area contributed by atoms with Gasteiger partial charge in [-0.3, -0.25) is 0 Å². The molecule has 19 heavy (non-hydrogen) atoms. The average Bonchev–Trinajstić information content (AvgIpc) is 2.27. The lowest BCUT2D eigenvalue weighted by atomic mass is 10.1. The van der Waals surface area contributed by atoms with Crippen LogP contribution in [0.5, 0.6) is 0 Å². The summed E-state index contributed by atoms with van der Waals surface area (Å²) in [6, 6.07) is 0. The Kier molecular flexibility index (Phi) is 9.59. The molecule has 1 amide bonds. The zero-order chi connectivity index (χ0) is 14.7. The molecule has 0 aromatic rings. The van der Waals surface area contributed by atoms with E-state index in [-0.39, 0.29) is 8.03 Å². The Morgan fingerprint density at radius 1 is 1.00 bits per heavy atom. The third-order valence-corrected chi connectivity index (χ3v) is 2.78. The Morgan fingerprint density at radius 3 is 2.05 bits per heavy atom. The van der Waals surface area contributed by atoms with Crippen LogP contribution >= 0.6 is 0 Å². The highest BCUT2D eigenvalue weighted by Crippen LogP contribution is 2.11. The van der Waals surface area contributed by atoms with Crippen LogP contribution in [0.3, 0.4) is 0 Å². The van der Waals surface area contributed by atoms with Crippen molar-refractivity contribution in [2.75, 3.05) is 6.61 Å². The number of hydrogen-bond acceptors (Lipinski definition) is 2. The van der Waals surface area contributed by atoms with Crippen LogP contribution in [0.25, 0.3) is 0 Å². The van der Waals surface area contributed by atoms with E-state index in [0.29, 0.717) is 0 Å². The zero-order valence-corrected chi connectivity index (χ0v) is 12.7. The molecule has 0 rings (SSSR count). The minimum absolute atomic E-state index is 0. The highest BCUT2D eigenvalue weighted by Gasteiger charge is 1.93. The lowest BCUT2D eigenvalue weighted by Gasteiger charge is -2.02. The molecular formula is C16H29NO2. The van der Waals surface area contributed by atoms with Crippen LogP contribution in [0.4, 0.5) is 4.79 Å². The summed E-state index contributed by atoms with van der Waals surface area (Å²) in [5, 5.41) is 0. The topological polar surface area (TPSA) is 52.3 Å². The van der Waals surface area contributed by atoms with Crippen LogP contribution in [0, 0.1) is 0 Å². The van der Waals surface area contributed by atoms with Gasteiger partial charge in [-0.2, -0.15) is 0 Å². The number of hydrogen-bond donors (Lipinski definition) is 1. The predicted octanol–water partition coefficient (Wildman–Crippen LogP) is 4.75. The summed E-state index contributed by atoms with van der Waals surface area (Å²) < 4.78 is 4.66. The molecule has 0 aromatic heterocycles. The molecular weight excluding hydrogens is 238 g/mol. The van der Waals surface area contributed by atoms with Gasteiger partial charge in [-0.15, -0.1) is 0 Å².